The average molecular weight is 654 g/mol. The number of rotatable bonds is 5. The Balaban J connectivity index is 1.12. The first-order valence-corrected chi connectivity index (χ1v) is 17.4. The lowest BCUT2D eigenvalue weighted by atomic mass is 9.89. The van der Waals surface area contributed by atoms with E-state index in [2.05, 4.69) is 103 Å². The first-order valence-electron chi connectivity index (χ1n) is 17.4. The van der Waals surface area contributed by atoms with E-state index in [4.69, 9.17) is 19.4 Å². The van der Waals surface area contributed by atoms with Gasteiger partial charge in [-0.1, -0.05) is 133 Å². The molecule has 7 aromatic carbocycles. The van der Waals surface area contributed by atoms with Crippen LogP contribution in [0.15, 0.2) is 168 Å². The predicted octanol–water partition coefficient (Wildman–Crippen LogP) is 12.3. The Morgan fingerprint density at radius 3 is 1.88 bits per heavy atom. The van der Waals surface area contributed by atoms with Gasteiger partial charge in [-0.25, -0.2) is 15.0 Å². The number of hydrogen-bond acceptors (Lipinski definition) is 4. The third-order valence-electron chi connectivity index (χ3n) is 9.99. The highest BCUT2D eigenvalue weighted by Gasteiger charge is 2.20. The molecule has 0 atom stereocenters. The van der Waals surface area contributed by atoms with Gasteiger partial charge in [0.25, 0.3) is 0 Å². The summed E-state index contributed by atoms with van der Waals surface area (Å²) in [6.07, 6.45) is 6.30. The minimum Gasteiger partial charge on any atom is -0.456 e. The van der Waals surface area contributed by atoms with Crippen molar-refractivity contribution >= 4 is 54.6 Å². The number of furan rings is 1. The minimum atomic E-state index is 0.664. The van der Waals surface area contributed by atoms with Crippen LogP contribution in [0.25, 0.3) is 88.5 Å². The smallest absolute Gasteiger partial charge is 0.164 e. The van der Waals surface area contributed by atoms with E-state index in [1.165, 1.54) is 43.8 Å². The van der Waals surface area contributed by atoms with E-state index >= 15 is 0 Å². The van der Waals surface area contributed by atoms with Gasteiger partial charge in [-0.3, -0.25) is 0 Å². The van der Waals surface area contributed by atoms with Gasteiger partial charge in [0.05, 0.1) is 0 Å². The normalized spacial score (nSPS) is 13.2. The summed E-state index contributed by atoms with van der Waals surface area (Å²) < 4.78 is 6.50. The van der Waals surface area contributed by atoms with E-state index in [1.807, 2.05) is 60.7 Å². The molecule has 4 nitrogen and oxygen atoms in total. The SMILES string of the molecule is C1=C(c2nc(-c3ccccc3)nc(-c3ccccc3)n2)C=C(c2cccc3oc4ccc(-c5cc6ccccc6c6ccccc56)cc4c23)CC1. The molecule has 0 fully saturated rings. The standard InChI is InChI=1S/C47H31N3O/c1-3-13-30(14-4-1)45-48-46(31-15-5-2-6-16-31)50-47(49-45)35-19-11-18-32(27-35)37-23-12-24-43-44(37)41-29-34(25-26-42(41)51-43)40-28-33-17-7-8-20-36(33)38-21-9-10-22-39(38)40/h1-10,12-17,19-29H,11,18H2. The topological polar surface area (TPSA) is 51.8 Å². The molecule has 0 aliphatic heterocycles. The Labute approximate surface area is 295 Å². The number of benzene rings is 7. The van der Waals surface area contributed by atoms with E-state index in [9.17, 15) is 0 Å². The maximum atomic E-state index is 6.50. The number of allylic oxidation sites excluding steroid dienone is 4. The fourth-order valence-corrected chi connectivity index (χ4v) is 7.56. The van der Waals surface area contributed by atoms with Crippen molar-refractivity contribution in [2.24, 2.45) is 0 Å². The zero-order valence-corrected chi connectivity index (χ0v) is 27.8. The second-order valence-electron chi connectivity index (χ2n) is 13.1. The van der Waals surface area contributed by atoms with Crippen LogP contribution in [-0.2, 0) is 0 Å². The maximum absolute atomic E-state index is 6.50. The molecule has 240 valence electrons. The fraction of sp³-hybridized carbons (Fsp3) is 0.0426. The average Bonchev–Trinajstić information content (AvgIpc) is 3.59. The van der Waals surface area contributed by atoms with Crippen LogP contribution in [0.1, 0.15) is 24.2 Å². The molecule has 2 aromatic heterocycles. The van der Waals surface area contributed by atoms with Crippen molar-refractivity contribution in [3.05, 3.63) is 175 Å². The lowest BCUT2D eigenvalue weighted by Crippen LogP contribution is -2.04. The molecule has 0 unspecified atom stereocenters. The van der Waals surface area contributed by atoms with Crippen molar-refractivity contribution < 1.29 is 4.42 Å². The summed E-state index contributed by atoms with van der Waals surface area (Å²) in [5, 5.41) is 7.27. The van der Waals surface area contributed by atoms with Crippen molar-refractivity contribution in [1.82, 2.24) is 15.0 Å². The number of hydrogen-bond donors (Lipinski definition) is 0. The Morgan fingerprint density at radius 2 is 1.12 bits per heavy atom. The van der Waals surface area contributed by atoms with Crippen molar-refractivity contribution in [2.75, 3.05) is 0 Å². The maximum Gasteiger partial charge on any atom is 0.164 e. The lowest BCUT2D eigenvalue weighted by Gasteiger charge is -2.16. The van der Waals surface area contributed by atoms with Gasteiger partial charge in [-0.2, -0.15) is 0 Å². The van der Waals surface area contributed by atoms with E-state index in [0.717, 1.165) is 51.5 Å². The summed E-state index contributed by atoms with van der Waals surface area (Å²) in [5.74, 6) is 2.00. The lowest BCUT2D eigenvalue weighted by molar-refractivity contribution is 0.669. The Bertz CT molecular complexity index is 2790. The van der Waals surface area contributed by atoms with Gasteiger partial charge in [-0.05, 0) is 87.0 Å². The zero-order valence-electron chi connectivity index (χ0n) is 27.8. The van der Waals surface area contributed by atoms with Crippen molar-refractivity contribution in [2.45, 2.75) is 12.8 Å². The van der Waals surface area contributed by atoms with E-state index in [1.54, 1.807) is 0 Å². The van der Waals surface area contributed by atoms with Crippen molar-refractivity contribution in [3.8, 4) is 33.9 Å². The van der Waals surface area contributed by atoms with Crippen LogP contribution < -0.4 is 0 Å². The Morgan fingerprint density at radius 1 is 0.451 bits per heavy atom. The van der Waals surface area contributed by atoms with Crippen LogP contribution in [0.3, 0.4) is 0 Å². The highest BCUT2D eigenvalue weighted by molar-refractivity contribution is 6.16. The summed E-state index contributed by atoms with van der Waals surface area (Å²) in [7, 11) is 0. The molecule has 51 heavy (non-hydrogen) atoms. The summed E-state index contributed by atoms with van der Waals surface area (Å²) in [5.41, 5.74) is 9.51. The van der Waals surface area contributed by atoms with Gasteiger partial charge in [0.2, 0.25) is 0 Å². The van der Waals surface area contributed by atoms with Gasteiger partial charge in [0.1, 0.15) is 11.2 Å². The molecular formula is C47H31N3O. The minimum absolute atomic E-state index is 0.664. The summed E-state index contributed by atoms with van der Waals surface area (Å²) in [6, 6.07) is 53.0. The van der Waals surface area contributed by atoms with Gasteiger partial charge >= 0.3 is 0 Å². The van der Waals surface area contributed by atoms with Crippen LogP contribution in [0.2, 0.25) is 0 Å². The third-order valence-corrected chi connectivity index (χ3v) is 9.99. The third kappa shape index (κ3) is 5.12. The molecule has 4 heteroatoms. The quantitative estimate of drug-likeness (QED) is 0.173. The molecule has 9 aromatic rings. The Kier molecular flexibility index (Phi) is 6.91. The number of aromatic nitrogens is 3. The van der Waals surface area contributed by atoms with Crippen LogP contribution in [-0.4, -0.2) is 15.0 Å². The molecule has 0 bridgehead atoms. The predicted molar refractivity (Wildman–Crippen MR) is 210 cm³/mol. The van der Waals surface area contributed by atoms with Gasteiger partial charge in [-0.15, -0.1) is 0 Å². The summed E-state index contributed by atoms with van der Waals surface area (Å²) >= 11 is 0. The molecule has 1 aliphatic rings. The molecule has 0 saturated heterocycles. The molecule has 0 radical (unpaired) electrons. The number of fused-ring (bicyclic) bond motifs is 6. The van der Waals surface area contributed by atoms with E-state index in [-0.39, 0.29) is 0 Å². The largest absolute Gasteiger partial charge is 0.456 e. The molecule has 0 N–H and O–H groups in total. The molecule has 0 amide bonds. The number of nitrogens with zero attached hydrogens (tertiary/aromatic N) is 3. The highest BCUT2D eigenvalue weighted by atomic mass is 16.3. The Hall–Kier alpha value is -6.65. The van der Waals surface area contributed by atoms with Crippen LogP contribution in [0.5, 0.6) is 0 Å². The van der Waals surface area contributed by atoms with Gasteiger partial charge in [0.15, 0.2) is 17.5 Å². The van der Waals surface area contributed by atoms with E-state index in [0.29, 0.717) is 17.5 Å². The van der Waals surface area contributed by atoms with Crippen LogP contribution in [0.4, 0.5) is 0 Å². The molecule has 1 aliphatic carbocycles. The molecule has 2 heterocycles. The van der Waals surface area contributed by atoms with Crippen molar-refractivity contribution in [3.63, 3.8) is 0 Å². The highest BCUT2D eigenvalue weighted by Crippen LogP contribution is 2.42. The monoisotopic (exact) mass is 653 g/mol. The van der Waals surface area contributed by atoms with Crippen molar-refractivity contribution in [1.29, 1.82) is 0 Å². The molecule has 10 rings (SSSR count). The second-order valence-corrected chi connectivity index (χ2v) is 13.1. The van der Waals surface area contributed by atoms with Crippen LogP contribution in [0, 0.1) is 0 Å². The molecule has 0 spiro atoms. The molecular weight excluding hydrogens is 623 g/mol. The first-order chi connectivity index (χ1) is 25.3. The zero-order chi connectivity index (χ0) is 33.7. The van der Waals surface area contributed by atoms with E-state index < -0.39 is 0 Å². The molecule has 0 saturated carbocycles. The first kappa shape index (κ1) is 29.3. The van der Waals surface area contributed by atoms with Crippen LogP contribution >= 0.6 is 0 Å². The fourth-order valence-electron chi connectivity index (χ4n) is 7.56. The summed E-state index contributed by atoms with van der Waals surface area (Å²) in [4.78, 5) is 14.9. The van der Waals surface area contributed by atoms with Gasteiger partial charge in [0, 0.05) is 27.5 Å². The summed E-state index contributed by atoms with van der Waals surface area (Å²) in [6.45, 7) is 0. The van der Waals surface area contributed by atoms with Gasteiger partial charge < -0.3 is 4.42 Å². The second kappa shape index (κ2) is 12.0.